The first-order valence-electron chi connectivity index (χ1n) is 7.92. The van der Waals surface area contributed by atoms with E-state index in [1.54, 1.807) is 0 Å². The van der Waals surface area contributed by atoms with Gasteiger partial charge in [-0.1, -0.05) is 25.5 Å². The smallest absolute Gasteiger partial charge is 0.253 e. The van der Waals surface area contributed by atoms with Gasteiger partial charge in [-0.3, -0.25) is 14.2 Å². The Labute approximate surface area is 136 Å². The number of unbranched alkanes of at least 4 members (excludes halogenated alkanes) is 1. The minimum Gasteiger partial charge on any atom is -0.324 e. The molecule has 0 unspecified atom stereocenters. The predicted molar refractivity (Wildman–Crippen MR) is 91.7 cm³/mol. The Balaban J connectivity index is 2.05. The van der Waals surface area contributed by atoms with E-state index in [2.05, 4.69) is 17.2 Å². The third-order valence-electron chi connectivity index (χ3n) is 3.70. The summed E-state index contributed by atoms with van der Waals surface area (Å²) in [5.41, 5.74) is 3.43. The molecular formula is C18H23N3O2. The number of aryl methyl sites for hydroxylation is 3. The molecule has 0 fully saturated rings. The van der Waals surface area contributed by atoms with Crippen molar-refractivity contribution in [3.05, 3.63) is 57.8 Å². The van der Waals surface area contributed by atoms with Gasteiger partial charge in [-0.05, 0) is 43.9 Å². The highest BCUT2D eigenvalue weighted by atomic mass is 16.2. The Hall–Kier alpha value is -2.43. The van der Waals surface area contributed by atoms with Crippen LogP contribution in [0, 0.1) is 13.8 Å². The van der Waals surface area contributed by atoms with Crippen molar-refractivity contribution in [2.24, 2.45) is 0 Å². The summed E-state index contributed by atoms with van der Waals surface area (Å²) >= 11 is 0. The van der Waals surface area contributed by atoms with Crippen LogP contribution in [-0.2, 0) is 17.8 Å². The highest BCUT2D eigenvalue weighted by Crippen LogP contribution is 2.16. The van der Waals surface area contributed by atoms with E-state index in [1.807, 2.05) is 32.0 Å². The van der Waals surface area contributed by atoms with Gasteiger partial charge in [0.1, 0.15) is 6.54 Å². The third kappa shape index (κ3) is 4.77. The Morgan fingerprint density at radius 3 is 2.74 bits per heavy atom. The number of aromatic nitrogens is 2. The van der Waals surface area contributed by atoms with Gasteiger partial charge >= 0.3 is 0 Å². The first kappa shape index (κ1) is 16.9. The summed E-state index contributed by atoms with van der Waals surface area (Å²) < 4.78 is 1.33. The quantitative estimate of drug-likeness (QED) is 0.892. The van der Waals surface area contributed by atoms with Crippen molar-refractivity contribution in [3.8, 4) is 0 Å². The molecule has 1 heterocycles. The summed E-state index contributed by atoms with van der Waals surface area (Å²) in [6, 6.07) is 7.39. The predicted octanol–water partition coefficient (Wildman–Crippen LogP) is 2.84. The van der Waals surface area contributed by atoms with E-state index in [-0.39, 0.29) is 18.0 Å². The molecule has 0 saturated carbocycles. The lowest BCUT2D eigenvalue weighted by molar-refractivity contribution is -0.116. The van der Waals surface area contributed by atoms with Gasteiger partial charge in [0.05, 0.1) is 6.33 Å². The monoisotopic (exact) mass is 313 g/mol. The van der Waals surface area contributed by atoms with Gasteiger partial charge in [0.25, 0.3) is 5.56 Å². The number of hydrogen-bond donors (Lipinski definition) is 1. The average molecular weight is 313 g/mol. The van der Waals surface area contributed by atoms with Gasteiger partial charge in [0.15, 0.2) is 0 Å². The van der Waals surface area contributed by atoms with Crippen molar-refractivity contribution in [2.45, 2.75) is 46.6 Å². The number of nitrogens with one attached hydrogen (secondary N) is 1. The van der Waals surface area contributed by atoms with E-state index >= 15 is 0 Å². The number of nitrogens with zero attached hydrogens (tertiary/aromatic N) is 2. The molecule has 5 heteroatoms. The van der Waals surface area contributed by atoms with Gasteiger partial charge in [-0.15, -0.1) is 0 Å². The average Bonchev–Trinajstić information content (AvgIpc) is 2.51. The summed E-state index contributed by atoms with van der Waals surface area (Å²) in [4.78, 5) is 28.5. The van der Waals surface area contributed by atoms with Crippen LogP contribution in [0.25, 0.3) is 0 Å². The molecule has 0 aliphatic carbocycles. The van der Waals surface area contributed by atoms with E-state index in [0.29, 0.717) is 0 Å². The number of hydrogen-bond acceptors (Lipinski definition) is 3. The van der Waals surface area contributed by atoms with Crippen molar-refractivity contribution in [1.82, 2.24) is 9.55 Å². The Bertz CT molecular complexity index is 750. The summed E-state index contributed by atoms with van der Waals surface area (Å²) in [6.45, 7) is 5.97. The molecule has 23 heavy (non-hydrogen) atoms. The molecule has 122 valence electrons. The maximum Gasteiger partial charge on any atom is 0.253 e. The lowest BCUT2D eigenvalue weighted by Gasteiger charge is -2.10. The molecule has 0 spiro atoms. The highest BCUT2D eigenvalue weighted by molar-refractivity contribution is 5.91. The Kier molecular flexibility index (Phi) is 5.68. The second kappa shape index (κ2) is 7.72. The van der Waals surface area contributed by atoms with Crippen molar-refractivity contribution < 1.29 is 4.79 Å². The fourth-order valence-electron chi connectivity index (χ4n) is 2.29. The van der Waals surface area contributed by atoms with Gasteiger partial charge in [0.2, 0.25) is 5.91 Å². The molecule has 0 saturated heterocycles. The molecule has 0 bridgehead atoms. The molecule has 0 atom stereocenters. The standard InChI is InChI=1S/C18H23N3O2/c1-4-5-6-15-10-18(23)21(12-19-15)11-17(22)20-16-9-13(2)7-8-14(16)3/h7-10,12H,4-6,11H2,1-3H3,(H,20,22). The normalized spacial score (nSPS) is 10.6. The van der Waals surface area contributed by atoms with Gasteiger partial charge < -0.3 is 5.32 Å². The molecule has 0 aliphatic heterocycles. The van der Waals surface area contributed by atoms with Crippen LogP contribution < -0.4 is 10.9 Å². The summed E-state index contributed by atoms with van der Waals surface area (Å²) in [7, 11) is 0. The molecule has 2 rings (SSSR count). The van der Waals surface area contributed by atoms with Gasteiger partial charge in [0, 0.05) is 17.4 Å². The highest BCUT2D eigenvalue weighted by Gasteiger charge is 2.08. The first-order chi connectivity index (χ1) is 11.0. The van der Waals surface area contributed by atoms with Crippen molar-refractivity contribution in [1.29, 1.82) is 0 Å². The van der Waals surface area contributed by atoms with E-state index in [0.717, 1.165) is 41.8 Å². The minimum absolute atomic E-state index is 0.0345. The maximum atomic E-state index is 12.2. The van der Waals surface area contributed by atoms with Crippen molar-refractivity contribution >= 4 is 11.6 Å². The molecular weight excluding hydrogens is 290 g/mol. The Morgan fingerprint density at radius 1 is 1.26 bits per heavy atom. The second-order valence-corrected chi connectivity index (χ2v) is 5.82. The van der Waals surface area contributed by atoms with Crippen molar-refractivity contribution in [2.75, 3.05) is 5.32 Å². The number of carbonyl (C=O) groups excluding carboxylic acids is 1. The van der Waals surface area contributed by atoms with E-state index in [9.17, 15) is 9.59 Å². The minimum atomic E-state index is -0.232. The van der Waals surface area contributed by atoms with Crippen LogP contribution in [0.2, 0.25) is 0 Å². The van der Waals surface area contributed by atoms with E-state index < -0.39 is 0 Å². The molecule has 1 N–H and O–H groups in total. The molecule has 0 aliphatic rings. The number of benzene rings is 1. The number of rotatable bonds is 6. The van der Waals surface area contributed by atoms with Crippen LogP contribution in [0.5, 0.6) is 0 Å². The second-order valence-electron chi connectivity index (χ2n) is 5.82. The lowest BCUT2D eigenvalue weighted by atomic mass is 10.1. The van der Waals surface area contributed by atoms with E-state index in [1.165, 1.54) is 17.0 Å². The fraction of sp³-hybridized carbons (Fsp3) is 0.389. The van der Waals surface area contributed by atoms with Crippen LogP contribution in [0.15, 0.2) is 35.4 Å². The number of amides is 1. The lowest BCUT2D eigenvalue weighted by Crippen LogP contribution is -2.28. The summed E-state index contributed by atoms with van der Waals surface area (Å²) in [5, 5.41) is 2.85. The largest absolute Gasteiger partial charge is 0.324 e. The molecule has 2 aromatic rings. The zero-order valence-electron chi connectivity index (χ0n) is 13.9. The van der Waals surface area contributed by atoms with Crippen LogP contribution in [0.1, 0.15) is 36.6 Å². The van der Waals surface area contributed by atoms with Crippen LogP contribution in [0.4, 0.5) is 5.69 Å². The zero-order chi connectivity index (χ0) is 16.8. The number of anilines is 1. The summed E-state index contributed by atoms with van der Waals surface area (Å²) in [6.07, 6.45) is 4.31. The SMILES string of the molecule is CCCCc1cc(=O)n(CC(=O)Nc2cc(C)ccc2C)cn1. The molecule has 0 radical (unpaired) electrons. The van der Waals surface area contributed by atoms with Gasteiger partial charge in [-0.25, -0.2) is 4.98 Å². The fourth-order valence-corrected chi connectivity index (χ4v) is 2.29. The number of carbonyl (C=O) groups is 1. The Morgan fingerprint density at radius 2 is 2.04 bits per heavy atom. The summed E-state index contributed by atoms with van der Waals surface area (Å²) in [5.74, 6) is -0.232. The maximum absolute atomic E-state index is 12.2. The molecule has 1 amide bonds. The first-order valence-corrected chi connectivity index (χ1v) is 7.92. The van der Waals surface area contributed by atoms with Crippen LogP contribution >= 0.6 is 0 Å². The van der Waals surface area contributed by atoms with Crippen molar-refractivity contribution in [3.63, 3.8) is 0 Å². The van der Waals surface area contributed by atoms with Crippen LogP contribution in [0.3, 0.4) is 0 Å². The molecule has 1 aromatic heterocycles. The van der Waals surface area contributed by atoms with E-state index in [4.69, 9.17) is 0 Å². The topological polar surface area (TPSA) is 64.0 Å². The van der Waals surface area contributed by atoms with Gasteiger partial charge in [-0.2, -0.15) is 0 Å². The molecule has 5 nitrogen and oxygen atoms in total. The third-order valence-corrected chi connectivity index (χ3v) is 3.70. The molecule has 1 aromatic carbocycles. The zero-order valence-corrected chi connectivity index (χ0v) is 13.9. The van der Waals surface area contributed by atoms with Crippen LogP contribution in [-0.4, -0.2) is 15.5 Å².